The zero-order valence-electron chi connectivity index (χ0n) is 15.1. The molecule has 1 aromatic rings. The molecular formula is C19H30ClNO3. The first-order chi connectivity index (χ1) is 11.4. The maximum Gasteiger partial charge on any atom is 0.127 e. The van der Waals surface area contributed by atoms with E-state index in [9.17, 15) is 5.11 Å². The second-order valence-electron chi connectivity index (χ2n) is 7.33. The summed E-state index contributed by atoms with van der Waals surface area (Å²) in [7, 11) is 2.19. The number of halogens is 1. The van der Waals surface area contributed by atoms with Crippen molar-refractivity contribution in [2.45, 2.75) is 57.6 Å². The summed E-state index contributed by atoms with van der Waals surface area (Å²) in [5.74, 6) is 0.649. The predicted octanol–water partition coefficient (Wildman–Crippen LogP) is 4.48. The third kappa shape index (κ3) is 6.50. The van der Waals surface area contributed by atoms with Crippen LogP contribution in [-0.4, -0.2) is 48.5 Å². The van der Waals surface area contributed by atoms with E-state index in [2.05, 4.69) is 11.9 Å². The molecule has 0 amide bonds. The topological polar surface area (TPSA) is 41.9 Å². The van der Waals surface area contributed by atoms with E-state index >= 15 is 0 Å². The Morgan fingerprint density at radius 3 is 2.58 bits per heavy atom. The average Bonchev–Trinajstić information content (AvgIpc) is 2.50. The molecule has 1 aliphatic carbocycles. The van der Waals surface area contributed by atoms with Gasteiger partial charge in [-0.05, 0) is 45.9 Å². The standard InChI is InChI=1S/C19H30ClNO3/c1-19(2,24-18-12-15(20)11-17(22)13-18)14-23-10-9-21(3)16-7-5-4-6-8-16/h11-13,16,22H,4-10,14H2,1-3H3. The summed E-state index contributed by atoms with van der Waals surface area (Å²) >= 11 is 5.94. The highest BCUT2D eigenvalue weighted by Crippen LogP contribution is 2.28. The highest BCUT2D eigenvalue weighted by atomic mass is 35.5. The lowest BCUT2D eigenvalue weighted by atomic mass is 9.94. The molecule has 4 nitrogen and oxygen atoms in total. The van der Waals surface area contributed by atoms with Crippen LogP contribution in [0.3, 0.4) is 0 Å². The summed E-state index contributed by atoms with van der Waals surface area (Å²) in [5, 5.41) is 10.0. The van der Waals surface area contributed by atoms with Gasteiger partial charge >= 0.3 is 0 Å². The SMILES string of the molecule is CN(CCOCC(C)(C)Oc1cc(O)cc(Cl)c1)C1CCCCC1. The smallest absolute Gasteiger partial charge is 0.127 e. The Morgan fingerprint density at radius 2 is 1.92 bits per heavy atom. The zero-order chi connectivity index (χ0) is 17.6. The Labute approximate surface area is 150 Å². The molecule has 5 heteroatoms. The molecule has 1 fully saturated rings. The second-order valence-corrected chi connectivity index (χ2v) is 7.77. The van der Waals surface area contributed by atoms with Gasteiger partial charge in [0.1, 0.15) is 17.1 Å². The summed E-state index contributed by atoms with van der Waals surface area (Å²) in [5.41, 5.74) is -0.486. The lowest BCUT2D eigenvalue weighted by Crippen LogP contribution is -2.38. The number of ether oxygens (including phenoxy) is 2. The van der Waals surface area contributed by atoms with E-state index in [1.807, 2.05) is 13.8 Å². The molecule has 0 bridgehead atoms. The number of benzene rings is 1. The number of aromatic hydroxyl groups is 1. The molecule has 1 aliphatic rings. The lowest BCUT2D eigenvalue weighted by molar-refractivity contribution is -0.0111. The largest absolute Gasteiger partial charge is 0.508 e. The maximum absolute atomic E-state index is 9.59. The molecule has 0 atom stereocenters. The number of phenolic OH excluding ortho intramolecular Hbond substituents is 1. The molecule has 0 saturated heterocycles. The monoisotopic (exact) mass is 355 g/mol. The summed E-state index contributed by atoms with van der Waals surface area (Å²) in [6, 6.07) is 5.45. The third-order valence-corrected chi connectivity index (χ3v) is 4.70. The van der Waals surface area contributed by atoms with Crippen LogP contribution in [0.4, 0.5) is 0 Å². The lowest BCUT2D eigenvalue weighted by Gasteiger charge is -2.31. The minimum absolute atomic E-state index is 0.100. The van der Waals surface area contributed by atoms with Gasteiger partial charge in [-0.2, -0.15) is 0 Å². The van der Waals surface area contributed by atoms with Crippen molar-refractivity contribution in [2.75, 3.05) is 26.8 Å². The van der Waals surface area contributed by atoms with E-state index < -0.39 is 5.60 Å². The van der Waals surface area contributed by atoms with E-state index in [1.165, 1.54) is 38.2 Å². The van der Waals surface area contributed by atoms with Gasteiger partial charge in [-0.1, -0.05) is 30.9 Å². The summed E-state index contributed by atoms with van der Waals surface area (Å²) in [6.07, 6.45) is 6.70. The molecule has 136 valence electrons. The minimum atomic E-state index is -0.486. The molecule has 1 aromatic carbocycles. The minimum Gasteiger partial charge on any atom is -0.508 e. The fraction of sp³-hybridized carbons (Fsp3) is 0.684. The molecule has 0 heterocycles. The quantitative estimate of drug-likeness (QED) is 0.698. The first-order valence-electron chi connectivity index (χ1n) is 8.82. The van der Waals surface area contributed by atoms with Crippen LogP contribution in [0.25, 0.3) is 0 Å². The van der Waals surface area contributed by atoms with Gasteiger partial charge in [-0.25, -0.2) is 0 Å². The first kappa shape index (κ1) is 19.4. The van der Waals surface area contributed by atoms with Crippen molar-refractivity contribution in [2.24, 2.45) is 0 Å². The van der Waals surface area contributed by atoms with Crippen molar-refractivity contribution >= 4 is 11.6 Å². The Hall–Kier alpha value is -0.970. The van der Waals surface area contributed by atoms with Crippen LogP contribution in [0.1, 0.15) is 46.0 Å². The van der Waals surface area contributed by atoms with Gasteiger partial charge in [0.15, 0.2) is 0 Å². The van der Waals surface area contributed by atoms with E-state index in [1.54, 1.807) is 12.1 Å². The number of hydrogen-bond acceptors (Lipinski definition) is 4. The van der Waals surface area contributed by atoms with Gasteiger partial charge in [0.25, 0.3) is 0 Å². The summed E-state index contributed by atoms with van der Waals surface area (Å²) in [6.45, 7) is 6.06. The fourth-order valence-electron chi connectivity index (χ4n) is 3.19. The molecule has 0 spiro atoms. The van der Waals surface area contributed by atoms with Crippen molar-refractivity contribution in [1.29, 1.82) is 0 Å². The highest BCUT2D eigenvalue weighted by Gasteiger charge is 2.22. The number of rotatable bonds is 8. The van der Waals surface area contributed by atoms with Crippen LogP contribution in [0.15, 0.2) is 18.2 Å². The summed E-state index contributed by atoms with van der Waals surface area (Å²) < 4.78 is 11.7. The number of nitrogens with zero attached hydrogens (tertiary/aromatic N) is 1. The Bertz CT molecular complexity index is 495. The van der Waals surface area contributed by atoms with Crippen molar-refractivity contribution < 1.29 is 14.6 Å². The van der Waals surface area contributed by atoms with Gasteiger partial charge in [0, 0.05) is 23.7 Å². The van der Waals surface area contributed by atoms with Gasteiger partial charge in [-0.3, -0.25) is 0 Å². The van der Waals surface area contributed by atoms with Crippen LogP contribution in [-0.2, 0) is 4.74 Å². The highest BCUT2D eigenvalue weighted by molar-refractivity contribution is 6.30. The number of hydrogen-bond donors (Lipinski definition) is 1. The van der Waals surface area contributed by atoms with E-state index in [0.717, 1.165) is 6.54 Å². The molecule has 0 radical (unpaired) electrons. The third-order valence-electron chi connectivity index (χ3n) is 4.49. The van der Waals surface area contributed by atoms with E-state index in [4.69, 9.17) is 21.1 Å². The van der Waals surface area contributed by atoms with Crippen LogP contribution in [0.2, 0.25) is 5.02 Å². The Kier molecular flexibility index (Phi) is 7.20. The van der Waals surface area contributed by atoms with Crippen LogP contribution in [0.5, 0.6) is 11.5 Å². The van der Waals surface area contributed by atoms with Gasteiger partial charge in [-0.15, -0.1) is 0 Å². The molecule has 0 aromatic heterocycles. The molecule has 24 heavy (non-hydrogen) atoms. The molecule has 0 aliphatic heterocycles. The zero-order valence-corrected chi connectivity index (χ0v) is 15.8. The fourth-order valence-corrected chi connectivity index (χ4v) is 3.41. The number of likely N-dealkylation sites (N-methyl/N-ethyl adjacent to an activating group) is 1. The van der Waals surface area contributed by atoms with Crippen molar-refractivity contribution in [1.82, 2.24) is 4.90 Å². The first-order valence-corrected chi connectivity index (χ1v) is 9.20. The van der Waals surface area contributed by atoms with Crippen molar-refractivity contribution in [3.63, 3.8) is 0 Å². The van der Waals surface area contributed by atoms with E-state index in [0.29, 0.717) is 30.0 Å². The van der Waals surface area contributed by atoms with Crippen molar-refractivity contribution in [3.05, 3.63) is 23.2 Å². The predicted molar refractivity (Wildman–Crippen MR) is 98.1 cm³/mol. The van der Waals surface area contributed by atoms with Crippen LogP contribution in [0, 0.1) is 0 Å². The van der Waals surface area contributed by atoms with Gasteiger partial charge in [0.2, 0.25) is 0 Å². The molecule has 1 saturated carbocycles. The van der Waals surface area contributed by atoms with Gasteiger partial charge in [0.05, 0.1) is 13.2 Å². The Morgan fingerprint density at radius 1 is 1.21 bits per heavy atom. The molecular weight excluding hydrogens is 326 g/mol. The van der Waals surface area contributed by atoms with E-state index in [-0.39, 0.29) is 5.75 Å². The normalized spacial score (nSPS) is 16.5. The van der Waals surface area contributed by atoms with Crippen LogP contribution < -0.4 is 4.74 Å². The van der Waals surface area contributed by atoms with Crippen LogP contribution >= 0.6 is 11.6 Å². The van der Waals surface area contributed by atoms with Crippen molar-refractivity contribution in [3.8, 4) is 11.5 Å². The average molecular weight is 356 g/mol. The second kappa shape index (κ2) is 8.93. The molecule has 1 N–H and O–H groups in total. The number of phenols is 1. The Balaban J connectivity index is 1.71. The molecule has 0 unspecified atom stereocenters. The van der Waals surface area contributed by atoms with Gasteiger partial charge < -0.3 is 19.5 Å². The summed E-state index contributed by atoms with van der Waals surface area (Å²) in [4.78, 5) is 2.42. The molecule has 2 rings (SSSR count). The maximum atomic E-state index is 9.59.